The maximum absolute atomic E-state index is 5.59. The van der Waals surface area contributed by atoms with Crippen LogP contribution in [0.3, 0.4) is 0 Å². The molecule has 2 aromatic heterocycles. The molecule has 21 heavy (non-hydrogen) atoms. The summed E-state index contributed by atoms with van der Waals surface area (Å²) < 4.78 is 0. The van der Waals surface area contributed by atoms with Gasteiger partial charge in [-0.25, -0.2) is 15.8 Å². The van der Waals surface area contributed by atoms with E-state index in [2.05, 4.69) is 25.2 Å². The van der Waals surface area contributed by atoms with E-state index in [1.807, 2.05) is 11.4 Å². The molecule has 0 spiro atoms. The van der Waals surface area contributed by atoms with Crippen LogP contribution in [0.2, 0.25) is 0 Å². The van der Waals surface area contributed by atoms with Gasteiger partial charge in [0.1, 0.15) is 10.7 Å². The largest absolute Gasteiger partial charge is 0.308 e. The SMILES string of the molecule is NNc1nc(CN2CCN3CCCC3C2)nc2sccc12. The van der Waals surface area contributed by atoms with Crippen LogP contribution in [0.15, 0.2) is 11.4 Å². The fourth-order valence-electron chi connectivity index (χ4n) is 3.48. The van der Waals surface area contributed by atoms with E-state index < -0.39 is 0 Å². The number of hydrazine groups is 1. The van der Waals surface area contributed by atoms with Crippen LogP contribution in [0.5, 0.6) is 0 Å². The lowest BCUT2D eigenvalue weighted by atomic mass is 10.1. The van der Waals surface area contributed by atoms with Crippen molar-refractivity contribution in [2.75, 3.05) is 31.6 Å². The Morgan fingerprint density at radius 2 is 2.29 bits per heavy atom. The number of fused-ring (bicyclic) bond motifs is 2. The molecule has 3 N–H and O–H groups in total. The topological polar surface area (TPSA) is 70.3 Å². The van der Waals surface area contributed by atoms with Crippen LogP contribution in [0.25, 0.3) is 10.2 Å². The first-order valence-corrected chi connectivity index (χ1v) is 8.38. The average Bonchev–Trinajstić information content (AvgIpc) is 3.14. The number of piperazine rings is 1. The van der Waals surface area contributed by atoms with E-state index in [0.717, 1.165) is 47.5 Å². The predicted molar refractivity (Wildman–Crippen MR) is 85.1 cm³/mol. The van der Waals surface area contributed by atoms with Crippen molar-refractivity contribution in [1.82, 2.24) is 19.8 Å². The smallest absolute Gasteiger partial charge is 0.152 e. The summed E-state index contributed by atoms with van der Waals surface area (Å²) in [5.74, 6) is 7.19. The first-order valence-electron chi connectivity index (χ1n) is 7.50. The number of anilines is 1. The fourth-order valence-corrected chi connectivity index (χ4v) is 4.26. The Balaban J connectivity index is 1.54. The molecule has 0 aliphatic carbocycles. The molecule has 0 saturated carbocycles. The van der Waals surface area contributed by atoms with Gasteiger partial charge in [-0.2, -0.15) is 0 Å². The van der Waals surface area contributed by atoms with Crippen LogP contribution in [-0.4, -0.2) is 52.0 Å². The Morgan fingerprint density at radius 3 is 3.19 bits per heavy atom. The Labute approximate surface area is 127 Å². The van der Waals surface area contributed by atoms with Gasteiger partial charge in [0.2, 0.25) is 0 Å². The zero-order chi connectivity index (χ0) is 14.2. The average molecular weight is 304 g/mol. The van der Waals surface area contributed by atoms with Crippen LogP contribution in [0, 0.1) is 0 Å². The number of nitrogen functional groups attached to an aromatic ring is 1. The second-order valence-corrected chi connectivity index (χ2v) is 6.73. The second kappa shape index (κ2) is 5.49. The Morgan fingerprint density at radius 1 is 1.33 bits per heavy atom. The van der Waals surface area contributed by atoms with E-state index in [9.17, 15) is 0 Å². The molecule has 2 saturated heterocycles. The summed E-state index contributed by atoms with van der Waals surface area (Å²) in [5, 5.41) is 3.04. The van der Waals surface area contributed by atoms with Crippen molar-refractivity contribution in [1.29, 1.82) is 0 Å². The second-order valence-electron chi connectivity index (χ2n) is 5.84. The lowest BCUT2D eigenvalue weighted by Crippen LogP contribution is -2.49. The number of hydrogen-bond donors (Lipinski definition) is 2. The van der Waals surface area contributed by atoms with E-state index in [1.54, 1.807) is 11.3 Å². The van der Waals surface area contributed by atoms with Gasteiger partial charge in [-0.05, 0) is 30.8 Å². The molecule has 4 heterocycles. The van der Waals surface area contributed by atoms with Crippen LogP contribution in [0.1, 0.15) is 18.7 Å². The van der Waals surface area contributed by atoms with Crippen molar-refractivity contribution in [2.24, 2.45) is 5.84 Å². The normalized spacial score (nSPS) is 23.6. The molecule has 2 aliphatic rings. The van der Waals surface area contributed by atoms with Gasteiger partial charge in [-0.1, -0.05) is 0 Å². The highest BCUT2D eigenvalue weighted by atomic mass is 32.1. The number of hydrogen-bond acceptors (Lipinski definition) is 7. The van der Waals surface area contributed by atoms with Crippen molar-refractivity contribution >= 4 is 27.4 Å². The number of nitrogens with zero attached hydrogens (tertiary/aromatic N) is 4. The third kappa shape index (κ3) is 2.50. The van der Waals surface area contributed by atoms with Crippen molar-refractivity contribution in [3.63, 3.8) is 0 Å². The molecule has 1 atom stereocenters. The molecule has 2 fully saturated rings. The Kier molecular flexibility index (Phi) is 3.50. The molecule has 0 aromatic carbocycles. The third-order valence-corrected chi connectivity index (χ3v) is 5.35. The summed E-state index contributed by atoms with van der Waals surface area (Å²) in [5.41, 5.74) is 2.70. The van der Waals surface area contributed by atoms with E-state index in [1.165, 1.54) is 25.9 Å². The van der Waals surface area contributed by atoms with Crippen LogP contribution < -0.4 is 11.3 Å². The lowest BCUT2D eigenvalue weighted by molar-refractivity contribution is 0.0975. The minimum Gasteiger partial charge on any atom is -0.308 e. The molecule has 7 heteroatoms. The van der Waals surface area contributed by atoms with Crippen molar-refractivity contribution in [2.45, 2.75) is 25.4 Å². The van der Waals surface area contributed by atoms with Crippen molar-refractivity contribution < 1.29 is 0 Å². The van der Waals surface area contributed by atoms with Gasteiger partial charge in [0.15, 0.2) is 5.82 Å². The summed E-state index contributed by atoms with van der Waals surface area (Å²) in [6, 6.07) is 2.74. The van der Waals surface area contributed by atoms with Crippen molar-refractivity contribution in [3.05, 3.63) is 17.3 Å². The molecule has 4 rings (SSSR count). The fraction of sp³-hybridized carbons (Fsp3) is 0.571. The maximum Gasteiger partial charge on any atom is 0.152 e. The highest BCUT2D eigenvalue weighted by Crippen LogP contribution is 2.26. The van der Waals surface area contributed by atoms with Gasteiger partial charge in [-0.3, -0.25) is 9.80 Å². The molecule has 112 valence electrons. The minimum absolute atomic E-state index is 0.732. The quantitative estimate of drug-likeness (QED) is 0.657. The monoisotopic (exact) mass is 304 g/mol. The Hall–Kier alpha value is -1.28. The number of nitrogens with two attached hydrogens (primary N) is 1. The van der Waals surface area contributed by atoms with Gasteiger partial charge in [-0.15, -0.1) is 11.3 Å². The van der Waals surface area contributed by atoms with Crippen LogP contribution in [-0.2, 0) is 6.54 Å². The summed E-state index contributed by atoms with van der Waals surface area (Å²) >= 11 is 1.64. The van der Waals surface area contributed by atoms with Gasteiger partial charge in [0.05, 0.1) is 11.9 Å². The number of thiophene rings is 1. The Bertz CT molecular complexity index is 641. The van der Waals surface area contributed by atoms with Crippen LogP contribution in [0.4, 0.5) is 5.82 Å². The number of nitrogens with one attached hydrogen (secondary N) is 1. The van der Waals surface area contributed by atoms with E-state index in [0.29, 0.717) is 0 Å². The standard InChI is InChI=1S/C14H20N6S/c15-18-13-11-3-7-21-14(11)17-12(16-13)9-19-5-6-20-4-1-2-10(20)8-19/h3,7,10H,1-2,4-6,8-9,15H2,(H,16,17,18). The summed E-state index contributed by atoms with van der Waals surface area (Å²) in [6.45, 7) is 5.50. The highest BCUT2D eigenvalue weighted by Gasteiger charge is 2.30. The molecule has 2 aliphatic heterocycles. The first kappa shape index (κ1) is 13.4. The van der Waals surface area contributed by atoms with E-state index >= 15 is 0 Å². The number of rotatable bonds is 3. The molecular weight excluding hydrogens is 284 g/mol. The summed E-state index contributed by atoms with van der Waals surface area (Å²) in [7, 11) is 0. The summed E-state index contributed by atoms with van der Waals surface area (Å²) in [4.78, 5) is 15.4. The van der Waals surface area contributed by atoms with Crippen molar-refractivity contribution in [3.8, 4) is 0 Å². The van der Waals surface area contributed by atoms with Gasteiger partial charge in [0, 0.05) is 25.7 Å². The number of aromatic nitrogens is 2. The van der Waals surface area contributed by atoms with E-state index in [4.69, 9.17) is 5.84 Å². The third-order valence-electron chi connectivity index (χ3n) is 4.54. The molecule has 2 aromatic rings. The maximum atomic E-state index is 5.59. The molecule has 0 amide bonds. The molecular formula is C14H20N6S. The molecule has 6 nitrogen and oxygen atoms in total. The van der Waals surface area contributed by atoms with Crippen LogP contribution >= 0.6 is 11.3 Å². The minimum atomic E-state index is 0.732. The first-order chi connectivity index (χ1) is 10.3. The molecule has 1 unspecified atom stereocenters. The zero-order valence-corrected chi connectivity index (χ0v) is 12.8. The lowest BCUT2D eigenvalue weighted by Gasteiger charge is -2.37. The van der Waals surface area contributed by atoms with E-state index in [-0.39, 0.29) is 0 Å². The van der Waals surface area contributed by atoms with Gasteiger partial charge < -0.3 is 5.43 Å². The molecule has 0 bridgehead atoms. The zero-order valence-electron chi connectivity index (χ0n) is 12.0. The molecule has 0 radical (unpaired) electrons. The summed E-state index contributed by atoms with van der Waals surface area (Å²) in [6.07, 6.45) is 2.67. The van der Waals surface area contributed by atoms with Gasteiger partial charge >= 0.3 is 0 Å². The highest BCUT2D eigenvalue weighted by molar-refractivity contribution is 7.16. The predicted octanol–water partition coefficient (Wildman–Crippen LogP) is 1.26. The van der Waals surface area contributed by atoms with Gasteiger partial charge in [0.25, 0.3) is 0 Å².